The number of ether oxygens (including phenoxy) is 1. The Morgan fingerprint density at radius 3 is 2.64 bits per heavy atom. The van der Waals surface area contributed by atoms with E-state index < -0.39 is 6.29 Å². The van der Waals surface area contributed by atoms with E-state index in [0.29, 0.717) is 22.8 Å². The number of hydrogen-bond acceptors (Lipinski definition) is 2. The van der Waals surface area contributed by atoms with Gasteiger partial charge in [0.1, 0.15) is 0 Å². The summed E-state index contributed by atoms with van der Waals surface area (Å²) >= 11 is 3.64. The summed E-state index contributed by atoms with van der Waals surface area (Å²) in [6.07, 6.45) is 2.28. The van der Waals surface area contributed by atoms with Gasteiger partial charge in [0, 0.05) is 10.7 Å². The Bertz CT molecular complexity index is 197. The standard InChI is InChI=1S/C8H11BrO2/c9-6-3-1-4-5(2-3)8(10)11-7(4)6/h3-8,10H,1-2H2/t3?,4?,5?,6?,7?,8-/m0/s1. The van der Waals surface area contributed by atoms with Crippen molar-refractivity contribution in [2.45, 2.75) is 30.1 Å². The first-order chi connectivity index (χ1) is 5.27. The van der Waals surface area contributed by atoms with Crippen LogP contribution in [-0.2, 0) is 4.74 Å². The van der Waals surface area contributed by atoms with Crippen molar-refractivity contribution >= 4 is 15.9 Å². The van der Waals surface area contributed by atoms with Gasteiger partial charge in [0.05, 0.1) is 6.10 Å². The molecule has 2 bridgehead atoms. The predicted molar refractivity (Wildman–Crippen MR) is 43.3 cm³/mol. The largest absolute Gasteiger partial charge is 0.368 e. The van der Waals surface area contributed by atoms with E-state index in [4.69, 9.17) is 4.74 Å². The molecule has 3 rings (SSSR count). The maximum absolute atomic E-state index is 9.47. The fourth-order valence-electron chi connectivity index (χ4n) is 3.05. The molecule has 62 valence electrons. The average molecular weight is 219 g/mol. The number of fused-ring (bicyclic) bond motifs is 1. The van der Waals surface area contributed by atoms with Gasteiger partial charge in [-0.05, 0) is 24.7 Å². The van der Waals surface area contributed by atoms with Gasteiger partial charge in [-0.3, -0.25) is 0 Å². The van der Waals surface area contributed by atoms with Gasteiger partial charge in [0.25, 0.3) is 0 Å². The van der Waals surface area contributed by atoms with E-state index in [0.717, 1.165) is 12.3 Å². The van der Waals surface area contributed by atoms with Gasteiger partial charge < -0.3 is 9.84 Å². The van der Waals surface area contributed by atoms with Crippen LogP contribution in [0.25, 0.3) is 0 Å². The van der Waals surface area contributed by atoms with E-state index in [-0.39, 0.29) is 0 Å². The van der Waals surface area contributed by atoms with Gasteiger partial charge in [0.15, 0.2) is 6.29 Å². The normalized spacial score (nSPS) is 66.0. The molecule has 0 aromatic rings. The van der Waals surface area contributed by atoms with Gasteiger partial charge in [-0.25, -0.2) is 0 Å². The Morgan fingerprint density at radius 1 is 1.27 bits per heavy atom. The fraction of sp³-hybridized carbons (Fsp3) is 1.00. The van der Waals surface area contributed by atoms with Crippen LogP contribution in [0.1, 0.15) is 12.8 Å². The van der Waals surface area contributed by atoms with Crippen molar-refractivity contribution in [1.82, 2.24) is 0 Å². The van der Waals surface area contributed by atoms with Crippen LogP contribution in [0.3, 0.4) is 0 Å². The fourth-order valence-corrected chi connectivity index (χ4v) is 4.00. The van der Waals surface area contributed by atoms with E-state index in [2.05, 4.69) is 15.9 Å². The third-order valence-electron chi connectivity index (χ3n) is 3.55. The van der Waals surface area contributed by atoms with Crippen LogP contribution in [0.4, 0.5) is 0 Å². The molecule has 1 aliphatic heterocycles. The second kappa shape index (κ2) is 2.01. The molecule has 0 amide bonds. The second-order valence-electron chi connectivity index (χ2n) is 3.99. The summed E-state index contributed by atoms with van der Waals surface area (Å²) in [7, 11) is 0. The van der Waals surface area contributed by atoms with Gasteiger partial charge >= 0.3 is 0 Å². The Balaban J connectivity index is 1.98. The van der Waals surface area contributed by atoms with Gasteiger partial charge in [-0.1, -0.05) is 15.9 Å². The molecule has 1 saturated heterocycles. The van der Waals surface area contributed by atoms with Crippen LogP contribution >= 0.6 is 15.9 Å². The van der Waals surface area contributed by atoms with Crippen molar-refractivity contribution in [2.75, 3.05) is 0 Å². The molecule has 6 atom stereocenters. The van der Waals surface area contributed by atoms with Crippen molar-refractivity contribution < 1.29 is 9.84 Å². The molecule has 11 heavy (non-hydrogen) atoms. The molecule has 3 aliphatic rings. The van der Waals surface area contributed by atoms with Crippen LogP contribution in [0.5, 0.6) is 0 Å². The molecule has 1 N–H and O–H groups in total. The minimum Gasteiger partial charge on any atom is -0.368 e. The van der Waals surface area contributed by atoms with Crippen molar-refractivity contribution in [3.05, 3.63) is 0 Å². The molecule has 1 heterocycles. The Labute approximate surface area is 74.1 Å². The topological polar surface area (TPSA) is 29.5 Å². The lowest BCUT2D eigenvalue weighted by molar-refractivity contribution is -0.0997. The lowest BCUT2D eigenvalue weighted by Gasteiger charge is -2.20. The lowest BCUT2D eigenvalue weighted by atomic mass is 9.89. The molecule has 2 nitrogen and oxygen atoms in total. The number of halogens is 1. The average Bonchev–Trinajstić information content (AvgIpc) is 2.53. The molecule has 2 saturated carbocycles. The zero-order valence-electron chi connectivity index (χ0n) is 6.11. The first-order valence-electron chi connectivity index (χ1n) is 4.25. The van der Waals surface area contributed by atoms with E-state index >= 15 is 0 Å². The van der Waals surface area contributed by atoms with E-state index in [9.17, 15) is 5.11 Å². The molecule has 5 unspecified atom stereocenters. The highest BCUT2D eigenvalue weighted by Gasteiger charge is 2.59. The molecular formula is C8H11BrO2. The summed E-state index contributed by atoms with van der Waals surface area (Å²) in [5.41, 5.74) is 0. The molecule has 0 radical (unpaired) electrons. The summed E-state index contributed by atoms with van der Waals surface area (Å²) < 4.78 is 5.46. The van der Waals surface area contributed by atoms with Crippen LogP contribution < -0.4 is 0 Å². The molecule has 2 aliphatic carbocycles. The summed E-state index contributed by atoms with van der Waals surface area (Å²) in [6, 6.07) is 0. The summed E-state index contributed by atoms with van der Waals surface area (Å²) in [4.78, 5) is 0.515. The van der Waals surface area contributed by atoms with E-state index in [1.54, 1.807) is 0 Å². The first kappa shape index (κ1) is 6.87. The molecule has 0 aromatic heterocycles. The number of rotatable bonds is 0. The minimum absolute atomic E-state index is 0.314. The number of hydrogen-bond donors (Lipinski definition) is 1. The summed E-state index contributed by atoms with van der Waals surface area (Å²) in [5.74, 6) is 1.88. The number of aliphatic hydroxyl groups excluding tert-OH is 1. The summed E-state index contributed by atoms with van der Waals surface area (Å²) in [6.45, 7) is 0. The third kappa shape index (κ3) is 0.699. The lowest BCUT2D eigenvalue weighted by Crippen LogP contribution is -2.26. The SMILES string of the molecule is O[C@H]1OC2C(Br)C3CC2C1C3. The monoisotopic (exact) mass is 218 g/mol. The Hall–Kier alpha value is 0.400. The zero-order chi connectivity index (χ0) is 7.59. The number of aliphatic hydroxyl groups is 1. The Morgan fingerprint density at radius 2 is 2.00 bits per heavy atom. The maximum Gasteiger partial charge on any atom is 0.158 e. The predicted octanol–water partition coefficient (Wildman–Crippen LogP) is 1.12. The second-order valence-corrected chi connectivity index (χ2v) is 5.05. The molecule has 3 heteroatoms. The van der Waals surface area contributed by atoms with Crippen LogP contribution in [0.15, 0.2) is 0 Å². The molecule has 0 aromatic carbocycles. The van der Waals surface area contributed by atoms with Crippen molar-refractivity contribution in [3.8, 4) is 0 Å². The third-order valence-corrected chi connectivity index (χ3v) is 4.82. The quantitative estimate of drug-likeness (QED) is 0.618. The van der Waals surface area contributed by atoms with Crippen molar-refractivity contribution in [1.29, 1.82) is 0 Å². The molecular weight excluding hydrogens is 208 g/mol. The highest BCUT2D eigenvalue weighted by atomic mass is 79.9. The first-order valence-corrected chi connectivity index (χ1v) is 5.16. The van der Waals surface area contributed by atoms with E-state index in [1.807, 2.05) is 0 Å². The van der Waals surface area contributed by atoms with E-state index in [1.165, 1.54) is 6.42 Å². The summed E-state index contributed by atoms with van der Waals surface area (Å²) in [5, 5.41) is 9.47. The Kier molecular flexibility index (Phi) is 1.25. The number of alkyl halides is 1. The van der Waals surface area contributed by atoms with Gasteiger partial charge in [-0.15, -0.1) is 0 Å². The van der Waals surface area contributed by atoms with Gasteiger partial charge in [0.2, 0.25) is 0 Å². The molecule has 0 spiro atoms. The zero-order valence-corrected chi connectivity index (χ0v) is 7.70. The minimum atomic E-state index is -0.461. The van der Waals surface area contributed by atoms with Crippen LogP contribution in [-0.4, -0.2) is 22.3 Å². The smallest absolute Gasteiger partial charge is 0.158 e. The van der Waals surface area contributed by atoms with Crippen molar-refractivity contribution in [3.63, 3.8) is 0 Å². The maximum atomic E-state index is 9.47. The van der Waals surface area contributed by atoms with Gasteiger partial charge in [-0.2, -0.15) is 0 Å². The highest BCUT2D eigenvalue weighted by Crippen LogP contribution is 2.57. The van der Waals surface area contributed by atoms with Crippen LogP contribution in [0.2, 0.25) is 0 Å². The highest BCUT2D eigenvalue weighted by molar-refractivity contribution is 9.09. The molecule has 3 fully saturated rings. The van der Waals surface area contributed by atoms with Crippen molar-refractivity contribution in [2.24, 2.45) is 17.8 Å². The van der Waals surface area contributed by atoms with Crippen LogP contribution in [0, 0.1) is 17.8 Å².